The summed E-state index contributed by atoms with van der Waals surface area (Å²) in [6, 6.07) is 4.74. The van der Waals surface area contributed by atoms with Crippen molar-refractivity contribution in [1.29, 1.82) is 0 Å². The molecule has 0 aliphatic rings. The second-order valence-electron chi connectivity index (χ2n) is 4.33. The highest BCUT2D eigenvalue weighted by Crippen LogP contribution is 2.31. The van der Waals surface area contributed by atoms with Gasteiger partial charge in [0.1, 0.15) is 5.75 Å². The highest BCUT2D eigenvalue weighted by molar-refractivity contribution is 5.90. The van der Waals surface area contributed by atoms with Gasteiger partial charge in [-0.15, -0.1) is 0 Å². The molecule has 0 aromatic heterocycles. The third kappa shape index (κ3) is 4.41. The number of anilines is 1. The molecule has 4 nitrogen and oxygen atoms in total. The van der Waals surface area contributed by atoms with Crippen LogP contribution in [0.4, 0.5) is 18.9 Å². The summed E-state index contributed by atoms with van der Waals surface area (Å²) in [4.78, 5) is 11.0. The third-order valence-corrected chi connectivity index (χ3v) is 2.63. The maximum absolute atomic E-state index is 12.9. The zero-order valence-corrected chi connectivity index (χ0v) is 11.2. The summed E-state index contributed by atoms with van der Waals surface area (Å²) in [5, 5.41) is 2.42. The molecular weight excluding hydrogens is 273 g/mol. The van der Waals surface area contributed by atoms with Crippen LogP contribution in [0, 0.1) is 0 Å². The first kappa shape index (κ1) is 16.3. The van der Waals surface area contributed by atoms with Crippen molar-refractivity contribution in [2.45, 2.75) is 38.6 Å². The highest BCUT2D eigenvalue weighted by Gasteiger charge is 2.45. The molecule has 1 aromatic rings. The Morgan fingerprint density at radius 3 is 2.50 bits per heavy atom. The van der Waals surface area contributed by atoms with Gasteiger partial charge in [0.25, 0.3) is 0 Å². The van der Waals surface area contributed by atoms with E-state index in [2.05, 4.69) is 5.32 Å². The van der Waals surface area contributed by atoms with Crippen LogP contribution in [0.3, 0.4) is 0 Å². The van der Waals surface area contributed by atoms with Crippen LogP contribution in [0.15, 0.2) is 24.3 Å². The lowest BCUT2D eigenvalue weighted by Gasteiger charge is -2.27. The fraction of sp³-hybridized carbons (Fsp3) is 0.462. The summed E-state index contributed by atoms with van der Waals surface area (Å²) in [7, 11) is 0. The summed E-state index contributed by atoms with van der Waals surface area (Å²) in [5.74, 6) is -0.460. The van der Waals surface area contributed by atoms with E-state index in [1.54, 1.807) is 13.0 Å². The number of ether oxygens (including phenoxy) is 1. The number of para-hydroxylation sites is 2. The smallest absolute Gasteiger partial charge is 0.426 e. The van der Waals surface area contributed by atoms with Gasteiger partial charge in [-0.25, -0.2) is 0 Å². The number of halogens is 3. The fourth-order valence-corrected chi connectivity index (χ4v) is 1.61. The van der Waals surface area contributed by atoms with Crippen molar-refractivity contribution in [2.24, 2.45) is 5.73 Å². The molecule has 0 saturated heterocycles. The van der Waals surface area contributed by atoms with Crippen molar-refractivity contribution < 1.29 is 22.7 Å². The highest BCUT2D eigenvalue weighted by atomic mass is 19.4. The first-order valence-corrected chi connectivity index (χ1v) is 6.11. The van der Waals surface area contributed by atoms with E-state index in [-0.39, 0.29) is 17.9 Å². The summed E-state index contributed by atoms with van der Waals surface area (Å²) in [5.41, 5.74) is 5.65. The Hall–Kier alpha value is -1.76. The minimum absolute atomic E-state index is 0.0612. The average Bonchev–Trinajstić information content (AvgIpc) is 2.34. The number of amides is 1. The van der Waals surface area contributed by atoms with Gasteiger partial charge in [0.05, 0.1) is 11.7 Å². The summed E-state index contributed by atoms with van der Waals surface area (Å²) in [6.45, 7) is 2.81. The van der Waals surface area contributed by atoms with Gasteiger partial charge < -0.3 is 15.8 Å². The van der Waals surface area contributed by atoms with Crippen LogP contribution in [0.25, 0.3) is 0 Å². The van der Waals surface area contributed by atoms with Crippen LogP contribution >= 0.6 is 0 Å². The Kier molecular flexibility index (Phi) is 5.38. The van der Waals surface area contributed by atoms with Gasteiger partial charge in [0.2, 0.25) is 12.0 Å². The molecular formula is C13H17F3N2O2. The second kappa shape index (κ2) is 6.60. The molecule has 0 radical (unpaired) electrons. The summed E-state index contributed by atoms with van der Waals surface area (Å²) >= 11 is 0. The van der Waals surface area contributed by atoms with Crippen LogP contribution in [0.5, 0.6) is 5.75 Å². The SMILES string of the molecule is CCC(N)C(Oc1ccccc1NC(C)=O)C(F)(F)F. The maximum atomic E-state index is 12.9. The molecule has 0 fully saturated rings. The number of alkyl halides is 3. The molecule has 0 aliphatic carbocycles. The normalized spacial score (nSPS) is 14.5. The number of carbonyl (C=O) groups excluding carboxylic acids is 1. The lowest BCUT2D eigenvalue weighted by molar-refractivity contribution is -0.200. The number of rotatable bonds is 5. The van der Waals surface area contributed by atoms with E-state index < -0.39 is 24.2 Å². The minimum atomic E-state index is -4.58. The number of benzene rings is 1. The second-order valence-corrected chi connectivity index (χ2v) is 4.33. The molecule has 7 heteroatoms. The number of nitrogens with two attached hydrogens (primary N) is 1. The van der Waals surface area contributed by atoms with E-state index in [1.807, 2.05) is 0 Å². The van der Waals surface area contributed by atoms with Crippen molar-refractivity contribution in [3.63, 3.8) is 0 Å². The van der Waals surface area contributed by atoms with Gasteiger partial charge in [0.15, 0.2) is 0 Å². The molecule has 1 rings (SSSR count). The van der Waals surface area contributed by atoms with Crippen LogP contribution in [-0.4, -0.2) is 24.2 Å². The molecule has 3 N–H and O–H groups in total. The van der Waals surface area contributed by atoms with Crippen LogP contribution in [-0.2, 0) is 4.79 Å². The van der Waals surface area contributed by atoms with Gasteiger partial charge >= 0.3 is 6.18 Å². The van der Waals surface area contributed by atoms with Gasteiger partial charge in [-0.1, -0.05) is 19.1 Å². The average molecular weight is 290 g/mol. The zero-order chi connectivity index (χ0) is 15.3. The van der Waals surface area contributed by atoms with Crippen molar-refractivity contribution in [2.75, 3.05) is 5.32 Å². The summed E-state index contributed by atoms with van der Waals surface area (Å²) < 4.78 is 43.8. The third-order valence-electron chi connectivity index (χ3n) is 2.63. The Morgan fingerprint density at radius 1 is 1.40 bits per heavy atom. The molecule has 20 heavy (non-hydrogen) atoms. The van der Waals surface area contributed by atoms with E-state index in [0.717, 1.165) is 0 Å². The van der Waals surface area contributed by atoms with Gasteiger partial charge in [0, 0.05) is 6.92 Å². The van der Waals surface area contributed by atoms with E-state index in [4.69, 9.17) is 10.5 Å². The molecule has 1 aromatic carbocycles. The number of hydrogen-bond donors (Lipinski definition) is 2. The molecule has 0 aliphatic heterocycles. The van der Waals surface area contributed by atoms with Crippen LogP contribution in [0.1, 0.15) is 20.3 Å². The van der Waals surface area contributed by atoms with Crippen LogP contribution < -0.4 is 15.8 Å². The van der Waals surface area contributed by atoms with E-state index >= 15 is 0 Å². The Balaban J connectivity index is 3.02. The van der Waals surface area contributed by atoms with Crippen molar-refractivity contribution in [3.8, 4) is 5.75 Å². The van der Waals surface area contributed by atoms with E-state index in [1.165, 1.54) is 25.1 Å². The quantitative estimate of drug-likeness (QED) is 0.876. The fourth-order valence-electron chi connectivity index (χ4n) is 1.61. The van der Waals surface area contributed by atoms with E-state index in [0.29, 0.717) is 0 Å². The molecule has 0 bridgehead atoms. The largest absolute Gasteiger partial charge is 0.477 e. The predicted octanol–water partition coefficient (Wildman–Crippen LogP) is 2.69. The molecule has 2 unspecified atom stereocenters. The van der Waals surface area contributed by atoms with E-state index in [9.17, 15) is 18.0 Å². The minimum Gasteiger partial charge on any atom is -0.477 e. The molecule has 112 valence electrons. The Labute approximate surface area is 115 Å². The number of hydrogen-bond acceptors (Lipinski definition) is 3. The maximum Gasteiger partial charge on any atom is 0.426 e. The Bertz CT molecular complexity index is 463. The Morgan fingerprint density at radius 2 is 2.00 bits per heavy atom. The monoisotopic (exact) mass is 290 g/mol. The zero-order valence-electron chi connectivity index (χ0n) is 11.2. The van der Waals surface area contributed by atoms with Gasteiger partial charge in [-0.2, -0.15) is 13.2 Å². The van der Waals surface area contributed by atoms with Gasteiger partial charge in [-0.3, -0.25) is 4.79 Å². The summed E-state index contributed by atoms with van der Waals surface area (Å²) in [6.07, 6.45) is -6.59. The van der Waals surface area contributed by atoms with Crippen molar-refractivity contribution >= 4 is 11.6 Å². The first-order valence-electron chi connectivity index (χ1n) is 6.11. The van der Waals surface area contributed by atoms with Crippen molar-refractivity contribution in [3.05, 3.63) is 24.3 Å². The number of carbonyl (C=O) groups is 1. The predicted molar refractivity (Wildman–Crippen MR) is 69.5 cm³/mol. The number of nitrogens with one attached hydrogen (secondary N) is 1. The standard InChI is InChI=1S/C13H17F3N2O2/c1-3-9(17)12(13(14,15)16)20-11-7-5-4-6-10(11)18-8(2)19/h4-7,9,12H,3,17H2,1-2H3,(H,18,19). The molecule has 1 amide bonds. The molecule has 0 saturated carbocycles. The first-order chi connectivity index (χ1) is 9.25. The van der Waals surface area contributed by atoms with Gasteiger partial charge in [-0.05, 0) is 18.6 Å². The molecule has 0 heterocycles. The van der Waals surface area contributed by atoms with Crippen molar-refractivity contribution in [1.82, 2.24) is 0 Å². The lowest BCUT2D eigenvalue weighted by Crippen LogP contribution is -2.48. The topological polar surface area (TPSA) is 64.3 Å². The van der Waals surface area contributed by atoms with Crippen LogP contribution in [0.2, 0.25) is 0 Å². The molecule has 2 atom stereocenters. The lowest BCUT2D eigenvalue weighted by atomic mass is 10.1. The molecule has 0 spiro atoms.